The number of carbonyl (C=O) groups is 2. The van der Waals surface area contributed by atoms with Crippen molar-refractivity contribution < 1.29 is 23.8 Å². The Morgan fingerprint density at radius 3 is 2.68 bits per heavy atom. The quantitative estimate of drug-likeness (QED) is 0.618. The maximum absolute atomic E-state index is 11.6. The molecule has 0 aromatic heterocycles. The summed E-state index contributed by atoms with van der Waals surface area (Å²) in [5.74, 6) is -0.784. The highest BCUT2D eigenvalue weighted by atomic mass is 16.6. The monoisotopic (exact) mass is 304 g/mol. The van der Waals surface area contributed by atoms with Crippen molar-refractivity contribution >= 4 is 18.0 Å². The van der Waals surface area contributed by atoms with E-state index in [0.717, 1.165) is 31.4 Å². The summed E-state index contributed by atoms with van der Waals surface area (Å²) in [5, 5.41) is 0. The van der Waals surface area contributed by atoms with Gasteiger partial charge in [0.1, 0.15) is 6.61 Å². The summed E-state index contributed by atoms with van der Waals surface area (Å²) in [6.45, 7) is 1.04. The van der Waals surface area contributed by atoms with Crippen molar-refractivity contribution in [3.63, 3.8) is 0 Å². The molecule has 1 unspecified atom stereocenters. The number of esters is 2. The summed E-state index contributed by atoms with van der Waals surface area (Å²) in [7, 11) is 1.34. The predicted octanol–water partition coefficient (Wildman–Crippen LogP) is 2.60. The Morgan fingerprint density at radius 1 is 1.27 bits per heavy atom. The van der Waals surface area contributed by atoms with Crippen molar-refractivity contribution in [3.8, 4) is 0 Å². The topological polar surface area (TPSA) is 61.8 Å². The lowest BCUT2D eigenvalue weighted by atomic mass is 10.1. The average molecular weight is 304 g/mol. The lowest BCUT2D eigenvalue weighted by Gasteiger charge is -2.21. The highest BCUT2D eigenvalue weighted by molar-refractivity contribution is 5.90. The zero-order valence-electron chi connectivity index (χ0n) is 12.6. The average Bonchev–Trinajstić information content (AvgIpc) is 2.58. The van der Waals surface area contributed by atoms with Crippen LogP contribution in [0.5, 0.6) is 0 Å². The molecule has 0 radical (unpaired) electrons. The van der Waals surface area contributed by atoms with Gasteiger partial charge in [0.25, 0.3) is 0 Å². The minimum Gasteiger partial charge on any atom is -0.465 e. The molecule has 1 aromatic carbocycles. The number of hydrogen-bond donors (Lipinski definition) is 0. The van der Waals surface area contributed by atoms with Gasteiger partial charge >= 0.3 is 11.9 Å². The van der Waals surface area contributed by atoms with E-state index in [1.807, 2.05) is 0 Å². The Kier molecular flexibility index (Phi) is 6.15. The van der Waals surface area contributed by atoms with Crippen molar-refractivity contribution in [1.82, 2.24) is 0 Å². The van der Waals surface area contributed by atoms with Crippen molar-refractivity contribution in [2.45, 2.75) is 25.4 Å². The Balaban J connectivity index is 1.80. The Bertz CT molecular complexity index is 526. The Hall–Kier alpha value is -2.14. The second-order valence-corrected chi connectivity index (χ2v) is 5.07. The van der Waals surface area contributed by atoms with Crippen molar-refractivity contribution in [3.05, 3.63) is 41.5 Å². The summed E-state index contributed by atoms with van der Waals surface area (Å²) < 4.78 is 15.3. The molecule has 1 saturated heterocycles. The molecule has 0 amide bonds. The van der Waals surface area contributed by atoms with E-state index < -0.39 is 5.97 Å². The van der Waals surface area contributed by atoms with E-state index in [4.69, 9.17) is 9.47 Å². The van der Waals surface area contributed by atoms with Gasteiger partial charge in [-0.05, 0) is 43.0 Å². The molecule has 0 bridgehead atoms. The molecule has 5 heteroatoms. The number of methoxy groups -OCH3 is 1. The van der Waals surface area contributed by atoms with E-state index in [-0.39, 0.29) is 12.1 Å². The smallest absolute Gasteiger partial charge is 0.337 e. The lowest BCUT2D eigenvalue weighted by molar-refractivity contribution is -0.143. The fraction of sp³-hybridized carbons (Fsp3) is 0.412. The van der Waals surface area contributed by atoms with Crippen molar-refractivity contribution in [1.29, 1.82) is 0 Å². The molecule has 1 aliphatic heterocycles. The molecule has 0 saturated carbocycles. The molecule has 22 heavy (non-hydrogen) atoms. The number of ether oxygens (including phenoxy) is 3. The first kappa shape index (κ1) is 16.2. The van der Waals surface area contributed by atoms with Gasteiger partial charge in [-0.1, -0.05) is 12.1 Å². The molecule has 1 atom stereocenters. The van der Waals surface area contributed by atoms with Crippen LogP contribution in [0.4, 0.5) is 0 Å². The first-order valence-corrected chi connectivity index (χ1v) is 7.34. The fourth-order valence-corrected chi connectivity index (χ4v) is 2.17. The molecule has 0 spiro atoms. The molecule has 1 fully saturated rings. The van der Waals surface area contributed by atoms with Crippen LogP contribution in [0.15, 0.2) is 30.3 Å². The van der Waals surface area contributed by atoms with Gasteiger partial charge in [0.05, 0.1) is 18.8 Å². The van der Waals surface area contributed by atoms with Gasteiger partial charge in [-0.15, -0.1) is 0 Å². The minimum atomic E-state index is -0.397. The van der Waals surface area contributed by atoms with E-state index in [1.54, 1.807) is 30.3 Å². The number of rotatable bonds is 5. The lowest BCUT2D eigenvalue weighted by Crippen LogP contribution is -2.25. The van der Waals surface area contributed by atoms with Crippen LogP contribution in [0.1, 0.15) is 35.2 Å². The summed E-state index contributed by atoms with van der Waals surface area (Å²) in [4.78, 5) is 22.9. The molecule has 0 N–H and O–H groups in total. The minimum absolute atomic E-state index is 0.0189. The third-order valence-electron chi connectivity index (χ3n) is 3.43. The second-order valence-electron chi connectivity index (χ2n) is 5.07. The van der Waals surface area contributed by atoms with Gasteiger partial charge < -0.3 is 14.2 Å². The van der Waals surface area contributed by atoms with Crippen LogP contribution in [0.2, 0.25) is 0 Å². The van der Waals surface area contributed by atoms with Gasteiger partial charge in [-0.25, -0.2) is 9.59 Å². The van der Waals surface area contributed by atoms with Crippen LogP contribution in [0.3, 0.4) is 0 Å². The molecule has 1 heterocycles. The standard InChI is InChI=1S/C17H20O5/c1-20-17(19)14-8-5-13(6-9-14)7-10-16(18)22-12-15-4-2-3-11-21-15/h5-10,15H,2-4,11-12H2,1H3. The number of carbonyl (C=O) groups excluding carboxylic acids is 2. The molecule has 118 valence electrons. The zero-order valence-corrected chi connectivity index (χ0v) is 12.6. The fourth-order valence-electron chi connectivity index (χ4n) is 2.17. The predicted molar refractivity (Wildman–Crippen MR) is 81.4 cm³/mol. The van der Waals surface area contributed by atoms with Gasteiger partial charge in [-0.2, -0.15) is 0 Å². The van der Waals surface area contributed by atoms with Crippen LogP contribution in [-0.4, -0.2) is 38.4 Å². The van der Waals surface area contributed by atoms with Crippen molar-refractivity contribution in [2.75, 3.05) is 20.3 Å². The van der Waals surface area contributed by atoms with Crippen LogP contribution in [0.25, 0.3) is 6.08 Å². The molecule has 1 aliphatic rings. The van der Waals surface area contributed by atoms with Gasteiger partial charge in [0.2, 0.25) is 0 Å². The van der Waals surface area contributed by atoms with Crippen LogP contribution >= 0.6 is 0 Å². The molecule has 0 aliphatic carbocycles. The molecular formula is C17H20O5. The highest BCUT2D eigenvalue weighted by Gasteiger charge is 2.15. The summed E-state index contributed by atoms with van der Waals surface area (Å²) >= 11 is 0. The normalized spacial score (nSPS) is 18.1. The Labute approximate surface area is 129 Å². The van der Waals surface area contributed by atoms with Crippen molar-refractivity contribution in [2.24, 2.45) is 0 Å². The van der Waals surface area contributed by atoms with Gasteiger partial charge in [0.15, 0.2) is 0 Å². The third-order valence-corrected chi connectivity index (χ3v) is 3.43. The maximum atomic E-state index is 11.6. The molecular weight excluding hydrogens is 284 g/mol. The maximum Gasteiger partial charge on any atom is 0.337 e. The summed E-state index contributed by atoms with van der Waals surface area (Å²) in [5.41, 5.74) is 1.27. The molecule has 1 aromatic rings. The second kappa shape index (κ2) is 8.34. The van der Waals surface area contributed by atoms with Gasteiger partial charge in [-0.3, -0.25) is 0 Å². The molecule has 5 nitrogen and oxygen atoms in total. The van der Waals surface area contributed by atoms with Gasteiger partial charge in [0, 0.05) is 12.7 Å². The highest BCUT2D eigenvalue weighted by Crippen LogP contribution is 2.13. The van der Waals surface area contributed by atoms with Crippen LogP contribution in [-0.2, 0) is 19.0 Å². The first-order chi connectivity index (χ1) is 10.7. The SMILES string of the molecule is COC(=O)c1ccc(C=CC(=O)OCC2CCCCO2)cc1. The molecule has 2 rings (SSSR count). The summed E-state index contributed by atoms with van der Waals surface area (Å²) in [6, 6.07) is 6.76. The van der Waals surface area contributed by atoms with Crippen LogP contribution < -0.4 is 0 Å². The number of benzene rings is 1. The zero-order chi connectivity index (χ0) is 15.8. The van der Waals surface area contributed by atoms with Crippen LogP contribution in [0, 0.1) is 0 Å². The van der Waals surface area contributed by atoms with E-state index >= 15 is 0 Å². The van der Waals surface area contributed by atoms with E-state index in [2.05, 4.69) is 4.74 Å². The third kappa shape index (κ3) is 5.00. The Morgan fingerprint density at radius 2 is 2.05 bits per heavy atom. The van der Waals surface area contributed by atoms with E-state index in [1.165, 1.54) is 13.2 Å². The number of hydrogen-bond acceptors (Lipinski definition) is 5. The summed E-state index contributed by atoms with van der Waals surface area (Å²) in [6.07, 6.45) is 6.16. The first-order valence-electron chi connectivity index (χ1n) is 7.34. The largest absolute Gasteiger partial charge is 0.465 e. The van der Waals surface area contributed by atoms with E-state index in [9.17, 15) is 9.59 Å². The van der Waals surface area contributed by atoms with E-state index in [0.29, 0.717) is 12.2 Å².